The fraction of sp³-hybridized carbons (Fsp3) is 0.133. The normalized spacial score (nSPS) is 12.0. The van der Waals surface area contributed by atoms with Crippen molar-refractivity contribution >= 4 is 11.3 Å². The minimum Gasteiger partial charge on any atom is -0.385 e. The first-order chi connectivity index (χ1) is 9.95. The minimum atomic E-state index is -4.32. The lowest BCUT2D eigenvalue weighted by Gasteiger charge is -2.08. The number of imidazole rings is 1. The zero-order chi connectivity index (χ0) is 15.0. The van der Waals surface area contributed by atoms with Gasteiger partial charge in [-0.2, -0.15) is 13.2 Å². The van der Waals surface area contributed by atoms with E-state index in [9.17, 15) is 13.2 Å². The van der Waals surface area contributed by atoms with Crippen LogP contribution in [-0.4, -0.2) is 9.38 Å². The minimum absolute atomic E-state index is 0.417. The van der Waals surface area contributed by atoms with Crippen LogP contribution in [-0.2, 0) is 12.6 Å². The van der Waals surface area contributed by atoms with Gasteiger partial charge in [-0.1, -0.05) is 18.2 Å². The standard InChI is InChI=1S/C15H12F3N3/c16-15(17,18)11-6-4-10(5-7-11)8-14-20-9-12-2-1-3-13(19)21(12)14/h1-7,9H,8,19H2. The molecule has 2 heterocycles. The van der Waals surface area contributed by atoms with Crippen molar-refractivity contribution in [2.75, 3.05) is 5.73 Å². The number of anilines is 1. The van der Waals surface area contributed by atoms with Gasteiger partial charge in [-0.25, -0.2) is 4.98 Å². The molecule has 0 atom stereocenters. The van der Waals surface area contributed by atoms with Crippen molar-refractivity contribution in [1.82, 2.24) is 9.38 Å². The quantitative estimate of drug-likeness (QED) is 0.785. The molecule has 0 amide bonds. The number of halogens is 3. The molecule has 0 saturated carbocycles. The molecule has 0 radical (unpaired) electrons. The van der Waals surface area contributed by atoms with Crippen LogP contribution in [0.15, 0.2) is 48.7 Å². The molecule has 0 saturated heterocycles. The SMILES string of the molecule is Nc1cccc2cnc(Cc3ccc(C(F)(F)F)cc3)n12. The van der Waals surface area contributed by atoms with E-state index in [-0.39, 0.29) is 0 Å². The summed E-state index contributed by atoms with van der Waals surface area (Å²) in [7, 11) is 0. The summed E-state index contributed by atoms with van der Waals surface area (Å²) in [6.45, 7) is 0. The second-order valence-electron chi connectivity index (χ2n) is 4.76. The molecule has 3 nitrogen and oxygen atoms in total. The van der Waals surface area contributed by atoms with Crippen molar-refractivity contribution in [1.29, 1.82) is 0 Å². The van der Waals surface area contributed by atoms with Gasteiger partial charge in [-0.3, -0.25) is 4.40 Å². The predicted octanol–water partition coefficient (Wildman–Crippen LogP) is 3.53. The Morgan fingerprint density at radius 2 is 1.76 bits per heavy atom. The van der Waals surface area contributed by atoms with Crippen molar-refractivity contribution in [2.24, 2.45) is 0 Å². The Labute approximate surface area is 118 Å². The molecule has 1 aromatic carbocycles. The average molecular weight is 291 g/mol. The van der Waals surface area contributed by atoms with Gasteiger partial charge >= 0.3 is 6.18 Å². The summed E-state index contributed by atoms with van der Waals surface area (Å²) in [4.78, 5) is 4.28. The maximum absolute atomic E-state index is 12.5. The lowest BCUT2D eigenvalue weighted by Crippen LogP contribution is -2.05. The van der Waals surface area contributed by atoms with Crippen LogP contribution in [0.2, 0.25) is 0 Å². The summed E-state index contributed by atoms with van der Waals surface area (Å²) in [6, 6.07) is 10.5. The number of aromatic nitrogens is 2. The summed E-state index contributed by atoms with van der Waals surface area (Å²) in [5.74, 6) is 1.25. The van der Waals surface area contributed by atoms with Crippen LogP contribution in [0.5, 0.6) is 0 Å². The number of alkyl halides is 3. The highest BCUT2D eigenvalue weighted by molar-refractivity contribution is 5.53. The number of benzene rings is 1. The largest absolute Gasteiger partial charge is 0.416 e. The summed E-state index contributed by atoms with van der Waals surface area (Å²) < 4.78 is 39.4. The van der Waals surface area contributed by atoms with Crippen LogP contribution in [0.3, 0.4) is 0 Å². The average Bonchev–Trinajstić information content (AvgIpc) is 2.83. The third kappa shape index (κ3) is 2.56. The smallest absolute Gasteiger partial charge is 0.385 e. The first-order valence-electron chi connectivity index (χ1n) is 6.32. The molecule has 0 bridgehead atoms. The van der Waals surface area contributed by atoms with Gasteiger partial charge in [0.15, 0.2) is 0 Å². The fourth-order valence-electron chi connectivity index (χ4n) is 2.26. The molecular formula is C15H12F3N3. The Morgan fingerprint density at radius 1 is 1.05 bits per heavy atom. The Kier molecular flexibility index (Phi) is 3.08. The molecule has 0 aliphatic rings. The van der Waals surface area contributed by atoms with E-state index in [1.165, 1.54) is 12.1 Å². The van der Waals surface area contributed by atoms with E-state index in [0.29, 0.717) is 18.1 Å². The van der Waals surface area contributed by atoms with Gasteiger partial charge < -0.3 is 5.73 Å². The molecule has 0 unspecified atom stereocenters. The topological polar surface area (TPSA) is 43.3 Å². The van der Waals surface area contributed by atoms with Gasteiger partial charge in [0.05, 0.1) is 17.3 Å². The molecular weight excluding hydrogens is 279 g/mol. The van der Waals surface area contributed by atoms with Crippen LogP contribution in [0.4, 0.5) is 19.0 Å². The van der Waals surface area contributed by atoms with Crippen molar-refractivity contribution in [3.8, 4) is 0 Å². The van der Waals surface area contributed by atoms with Crippen LogP contribution in [0, 0.1) is 0 Å². The van der Waals surface area contributed by atoms with Crippen LogP contribution < -0.4 is 5.73 Å². The van der Waals surface area contributed by atoms with Gasteiger partial charge in [0.1, 0.15) is 11.6 Å². The van der Waals surface area contributed by atoms with E-state index in [1.807, 2.05) is 12.1 Å². The second kappa shape index (κ2) is 4.80. The second-order valence-corrected chi connectivity index (χ2v) is 4.76. The van der Waals surface area contributed by atoms with E-state index in [1.54, 1.807) is 16.7 Å². The molecule has 0 aliphatic heterocycles. The maximum atomic E-state index is 12.5. The number of nitrogens with zero attached hydrogens (tertiary/aromatic N) is 2. The highest BCUT2D eigenvalue weighted by atomic mass is 19.4. The first kappa shape index (κ1) is 13.5. The van der Waals surface area contributed by atoms with Crippen LogP contribution in [0.25, 0.3) is 5.52 Å². The number of rotatable bonds is 2. The van der Waals surface area contributed by atoms with Crippen molar-refractivity contribution in [3.05, 3.63) is 65.6 Å². The zero-order valence-corrected chi connectivity index (χ0v) is 10.9. The van der Waals surface area contributed by atoms with E-state index >= 15 is 0 Å². The van der Waals surface area contributed by atoms with Gasteiger partial charge in [0, 0.05) is 6.42 Å². The van der Waals surface area contributed by atoms with Gasteiger partial charge in [0.25, 0.3) is 0 Å². The zero-order valence-electron chi connectivity index (χ0n) is 10.9. The predicted molar refractivity (Wildman–Crippen MR) is 73.9 cm³/mol. The molecule has 0 spiro atoms. The van der Waals surface area contributed by atoms with Crippen molar-refractivity contribution < 1.29 is 13.2 Å². The molecule has 2 N–H and O–H groups in total. The van der Waals surface area contributed by atoms with Gasteiger partial charge in [0.2, 0.25) is 0 Å². The Morgan fingerprint density at radius 3 is 2.43 bits per heavy atom. The Hall–Kier alpha value is -2.50. The number of nitrogen functional groups attached to an aromatic ring is 1. The van der Waals surface area contributed by atoms with Crippen LogP contribution >= 0.6 is 0 Å². The lowest BCUT2D eigenvalue weighted by atomic mass is 10.1. The highest BCUT2D eigenvalue weighted by Crippen LogP contribution is 2.29. The third-order valence-electron chi connectivity index (χ3n) is 3.30. The van der Waals surface area contributed by atoms with Crippen molar-refractivity contribution in [2.45, 2.75) is 12.6 Å². The number of nitrogens with two attached hydrogens (primary N) is 1. The molecule has 108 valence electrons. The molecule has 0 fully saturated rings. The summed E-state index contributed by atoms with van der Waals surface area (Å²) in [5.41, 5.74) is 6.86. The number of pyridine rings is 1. The number of hydrogen-bond acceptors (Lipinski definition) is 2. The lowest BCUT2D eigenvalue weighted by molar-refractivity contribution is -0.137. The van der Waals surface area contributed by atoms with Gasteiger partial charge in [-0.15, -0.1) is 0 Å². The Bertz CT molecular complexity index is 773. The third-order valence-corrected chi connectivity index (χ3v) is 3.30. The molecule has 21 heavy (non-hydrogen) atoms. The van der Waals surface area contributed by atoms with Crippen molar-refractivity contribution in [3.63, 3.8) is 0 Å². The van der Waals surface area contributed by atoms with E-state index in [4.69, 9.17) is 5.73 Å². The summed E-state index contributed by atoms with van der Waals surface area (Å²) >= 11 is 0. The molecule has 0 aliphatic carbocycles. The Balaban J connectivity index is 1.92. The molecule has 3 rings (SSSR count). The number of hydrogen-bond donors (Lipinski definition) is 1. The molecule has 6 heteroatoms. The van der Waals surface area contributed by atoms with E-state index in [2.05, 4.69) is 4.98 Å². The van der Waals surface area contributed by atoms with E-state index in [0.717, 1.165) is 23.2 Å². The fourth-order valence-corrected chi connectivity index (χ4v) is 2.26. The maximum Gasteiger partial charge on any atom is 0.416 e. The summed E-state index contributed by atoms with van der Waals surface area (Å²) in [5, 5.41) is 0. The summed E-state index contributed by atoms with van der Waals surface area (Å²) in [6.07, 6.45) is -2.21. The molecule has 2 aromatic heterocycles. The van der Waals surface area contributed by atoms with E-state index < -0.39 is 11.7 Å². The first-order valence-corrected chi connectivity index (χ1v) is 6.32. The van der Waals surface area contributed by atoms with Gasteiger partial charge in [-0.05, 0) is 29.8 Å². The monoisotopic (exact) mass is 291 g/mol. The van der Waals surface area contributed by atoms with Crippen LogP contribution in [0.1, 0.15) is 17.0 Å². The highest BCUT2D eigenvalue weighted by Gasteiger charge is 2.29. The molecule has 3 aromatic rings. The number of fused-ring (bicyclic) bond motifs is 1.